The number of amides is 3. The molecule has 3 amide bonds. The molecule has 0 bridgehead atoms. The first-order chi connectivity index (χ1) is 15.5. The van der Waals surface area contributed by atoms with Crippen molar-refractivity contribution in [2.24, 2.45) is 11.7 Å². The van der Waals surface area contributed by atoms with E-state index >= 15 is 0 Å². The summed E-state index contributed by atoms with van der Waals surface area (Å²) in [5.41, 5.74) is 6.57. The van der Waals surface area contributed by atoms with Gasteiger partial charge in [-0.05, 0) is 37.9 Å². The van der Waals surface area contributed by atoms with Gasteiger partial charge in [0.05, 0.1) is 6.42 Å². The molecule has 32 heavy (non-hydrogen) atoms. The molecule has 8 nitrogen and oxygen atoms in total. The third-order valence-corrected chi connectivity index (χ3v) is 6.46. The fourth-order valence-electron chi connectivity index (χ4n) is 4.57. The lowest BCUT2D eigenvalue weighted by Gasteiger charge is -2.36. The average Bonchev–Trinajstić information content (AvgIpc) is 2.82. The Kier molecular flexibility index (Phi) is 9.34. The second-order valence-electron chi connectivity index (χ2n) is 8.88. The lowest BCUT2D eigenvalue weighted by Crippen LogP contribution is -2.51. The maximum absolute atomic E-state index is 12.6. The molecular weight excluding hydrogens is 406 g/mol. The van der Waals surface area contributed by atoms with E-state index in [1.54, 1.807) is 0 Å². The van der Waals surface area contributed by atoms with E-state index in [4.69, 9.17) is 5.73 Å². The molecule has 176 valence electrons. The number of primary amides is 1. The smallest absolute Gasteiger partial charge is 0.243 e. The van der Waals surface area contributed by atoms with Gasteiger partial charge in [-0.25, -0.2) is 0 Å². The molecule has 1 saturated heterocycles. The van der Waals surface area contributed by atoms with Crippen LogP contribution in [0.3, 0.4) is 0 Å². The lowest BCUT2D eigenvalue weighted by molar-refractivity contribution is -0.133. The summed E-state index contributed by atoms with van der Waals surface area (Å²) in [5, 5.41) is 5.63. The number of piperazine rings is 1. The zero-order valence-electron chi connectivity index (χ0n) is 18.9. The maximum atomic E-state index is 12.6. The maximum Gasteiger partial charge on any atom is 0.243 e. The standard InChI is InChI=1S/C24H37N5O3/c25-22(30)18-21(27-23(31)19-8-3-1-4-9-19)24(32)26-12-7-13-28-14-16-29(17-15-28)20-10-5-2-6-11-20/h2,5-6,10-11,19,21H,1,3-4,7-9,12-18H2,(H2,25,30)(H,26,32)(H,27,31)/t21-/m0/s1. The molecule has 1 aliphatic heterocycles. The van der Waals surface area contributed by atoms with Gasteiger partial charge in [0.2, 0.25) is 17.7 Å². The molecule has 2 fully saturated rings. The van der Waals surface area contributed by atoms with Gasteiger partial charge < -0.3 is 21.3 Å². The van der Waals surface area contributed by atoms with Crippen LogP contribution in [0.5, 0.6) is 0 Å². The molecule has 1 aliphatic carbocycles. The van der Waals surface area contributed by atoms with Gasteiger partial charge in [-0.15, -0.1) is 0 Å². The molecule has 1 atom stereocenters. The molecule has 1 saturated carbocycles. The molecule has 1 aromatic carbocycles. The van der Waals surface area contributed by atoms with E-state index in [1.807, 2.05) is 6.07 Å². The van der Waals surface area contributed by atoms with Crippen molar-refractivity contribution >= 4 is 23.4 Å². The lowest BCUT2D eigenvalue weighted by atomic mass is 9.88. The Hall–Kier alpha value is -2.61. The van der Waals surface area contributed by atoms with E-state index in [9.17, 15) is 14.4 Å². The largest absolute Gasteiger partial charge is 0.370 e. The first kappa shape index (κ1) is 24.0. The molecule has 4 N–H and O–H groups in total. The molecular formula is C24H37N5O3. The highest BCUT2D eigenvalue weighted by Crippen LogP contribution is 2.23. The van der Waals surface area contributed by atoms with Crippen molar-refractivity contribution in [3.05, 3.63) is 30.3 Å². The van der Waals surface area contributed by atoms with Gasteiger partial charge in [0.1, 0.15) is 6.04 Å². The van der Waals surface area contributed by atoms with Crippen LogP contribution in [0.25, 0.3) is 0 Å². The van der Waals surface area contributed by atoms with E-state index in [0.29, 0.717) is 6.54 Å². The molecule has 0 aromatic heterocycles. The van der Waals surface area contributed by atoms with Crippen LogP contribution in [0, 0.1) is 5.92 Å². The van der Waals surface area contributed by atoms with Crippen LogP contribution in [0.1, 0.15) is 44.9 Å². The van der Waals surface area contributed by atoms with E-state index in [-0.39, 0.29) is 24.2 Å². The van der Waals surface area contributed by atoms with Gasteiger partial charge in [0.15, 0.2) is 0 Å². The Morgan fingerprint density at radius 1 is 1.00 bits per heavy atom. The summed E-state index contributed by atoms with van der Waals surface area (Å²) in [6.07, 6.45) is 5.54. The predicted molar refractivity (Wildman–Crippen MR) is 125 cm³/mol. The summed E-state index contributed by atoms with van der Waals surface area (Å²) in [6.45, 7) is 5.37. The summed E-state index contributed by atoms with van der Waals surface area (Å²) in [5.74, 6) is -1.13. The summed E-state index contributed by atoms with van der Waals surface area (Å²) in [6, 6.07) is 9.54. The quantitative estimate of drug-likeness (QED) is 0.472. The second-order valence-corrected chi connectivity index (χ2v) is 8.88. The number of rotatable bonds is 10. The van der Waals surface area contributed by atoms with E-state index in [1.165, 1.54) is 5.69 Å². The molecule has 1 heterocycles. The summed E-state index contributed by atoms with van der Waals surface area (Å²) in [7, 11) is 0. The van der Waals surface area contributed by atoms with Gasteiger partial charge >= 0.3 is 0 Å². The van der Waals surface area contributed by atoms with Crippen molar-refractivity contribution < 1.29 is 14.4 Å². The summed E-state index contributed by atoms with van der Waals surface area (Å²) < 4.78 is 0. The topological polar surface area (TPSA) is 108 Å². The molecule has 0 radical (unpaired) electrons. The van der Waals surface area contributed by atoms with Crippen LogP contribution >= 0.6 is 0 Å². The van der Waals surface area contributed by atoms with Crippen LogP contribution in [0.4, 0.5) is 5.69 Å². The highest BCUT2D eigenvalue weighted by Gasteiger charge is 2.27. The van der Waals surface area contributed by atoms with Gasteiger partial charge in [-0.1, -0.05) is 37.5 Å². The van der Waals surface area contributed by atoms with E-state index in [2.05, 4.69) is 44.7 Å². The molecule has 2 aliphatic rings. The zero-order valence-corrected chi connectivity index (χ0v) is 18.9. The highest BCUT2D eigenvalue weighted by atomic mass is 16.2. The summed E-state index contributed by atoms with van der Waals surface area (Å²) in [4.78, 5) is 41.3. The van der Waals surface area contributed by atoms with Gasteiger partial charge in [0, 0.05) is 44.3 Å². The normalized spacial score (nSPS) is 18.7. The number of para-hydroxylation sites is 1. The predicted octanol–water partition coefficient (Wildman–Crippen LogP) is 1.26. The van der Waals surface area contributed by atoms with Crippen molar-refractivity contribution in [3.63, 3.8) is 0 Å². The number of carbonyl (C=O) groups excluding carboxylic acids is 3. The van der Waals surface area contributed by atoms with Crippen LogP contribution in [-0.4, -0.2) is 67.9 Å². The number of hydrogen-bond donors (Lipinski definition) is 3. The number of anilines is 1. The van der Waals surface area contributed by atoms with Crippen molar-refractivity contribution in [2.45, 2.75) is 51.0 Å². The van der Waals surface area contributed by atoms with Crippen LogP contribution in [0.2, 0.25) is 0 Å². The monoisotopic (exact) mass is 443 g/mol. The number of hydrogen-bond acceptors (Lipinski definition) is 5. The minimum atomic E-state index is -0.892. The number of nitrogens with zero attached hydrogens (tertiary/aromatic N) is 2. The van der Waals surface area contributed by atoms with Crippen LogP contribution in [0.15, 0.2) is 30.3 Å². The fourth-order valence-corrected chi connectivity index (χ4v) is 4.57. The minimum absolute atomic E-state index is 0.0681. The Morgan fingerprint density at radius 3 is 2.34 bits per heavy atom. The highest BCUT2D eigenvalue weighted by molar-refractivity contribution is 5.92. The Bertz CT molecular complexity index is 743. The minimum Gasteiger partial charge on any atom is -0.370 e. The van der Waals surface area contributed by atoms with Crippen molar-refractivity contribution in [3.8, 4) is 0 Å². The second kappa shape index (κ2) is 12.4. The van der Waals surface area contributed by atoms with Crippen LogP contribution in [-0.2, 0) is 14.4 Å². The first-order valence-electron chi connectivity index (χ1n) is 11.9. The SMILES string of the molecule is NC(=O)C[C@H](NC(=O)C1CCCCC1)C(=O)NCCCN1CCN(c2ccccc2)CC1. The molecule has 0 spiro atoms. The van der Waals surface area contributed by atoms with E-state index < -0.39 is 11.9 Å². The van der Waals surface area contributed by atoms with Crippen molar-refractivity contribution in [2.75, 3.05) is 44.2 Å². The molecule has 1 aromatic rings. The molecule has 8 heteroatoms. The third-order valence-electron chi connectivity index (χ3n) is 6.46. The molecule has 3 rings (SSSR count). The van der Waals surface area contributed by atoms with E-state index in [0.717, 1.165) is 71.2 Å². The Morgan fingerprint density at radius 2 is 1.69 bits per heavy atom. The molecule has 0 unspecified atom stereocenters. The van der Waals surface area contributed by atoms with Crippen molar-refractivity contribution in [1.82, 2.24) is 15.5 Å². The van der Waals surface area contributed by atoms with Gasteiger partial charge in [-0.3, -0.25) is 19.3 Å². The third kappa shape index (κ3) is 7.51. The van der Waals surface area contributed by atoms with Gasteiger partial charge in [-0.2, -0.15) is 0 Å². The first-order valence-corrected chi connectivity index (χ1v) is 11.9. The van der Waals surface area contributed by atoms with Crippen molar-refractivity contribution in [1.29, 1.82) is 0 Å². The fraction of sp³-hybridized carbons (Fsp3) is 0.625. The number of nitrogens with two attached hydrogens (primary N) is 1. The average molecular weight is 444 g/mol. The Balaban J connectivity index is 1.36. The number of carbonyl (C=O) groups is 3. The number of benzene rings is 1. The van der Waals surface area contributed by atoms with Crippen LogP contribution < -0.4 is 21.3 Å². The number of nitrogens with one attached hydrogen (secondary N) is 2. The zero-order chi connectivity index (χ0) is 22.8. The summed E-state index contributed by atoms with van der Waals surface area (Å²) >= 11 is 0. The Labute approximate surface area is 190 Å². The van der Waals surface area contributed by atoms with Gasteiger partial charge in [0.25, 0.3) is 0 Å².